The van der Waals surface area contributed by atoms with Crippen molar-refractivity contribution in [1.82, 2.24) is 15.1 Å². The second-order valence-corrected chi connectivity index (χ2v) is 14.1. The second-order valence-electron chi connectivity index (χ2n) is 13.2. The minimum Gasteiger partial charge on any atom is -0.497 e. The van der Waals surface area contributed by atoms with Crippen molar-refractivity contribution >= 4 is 39.2 Å². The number of amides is 3. The van der Waals surface area contributed by atoms with E-state index in [1.807, 2.05) is 76.5 Å². The summed E-state index contributed by atoms with van der Waals surface area (Å²) in [5.74, 6) is 2.31. The molecule has 2 unspecified atom stereocenters. The number of piperazine rings is 1. The van der Waals surface area contributed by atoms with Gasteiger partial charge < -0.3 is 39.8 Å². The molecule has 51 heavy (non-hydrogen) atoms. The minimum absolute atomic E-state index is 0.0286. The number of hydrogen-bond acceptors (Lipinski definition) is 8. The minimum atomic E-state index is -0.417. The third-order valence-corrected chi connectivity index (χ3v) is 9.98. The Kier molecular flexibility index (Phi) is 11.8. The van der Waals surface area contributed by atoms with Crippen molar-refractivity contribution in [2.24, 2.45) is 5.73 Å². The van der Waals surface area contributed by atoms with Gasteiger partial charge in [-0.25, -0.2) is 0 Å². The van der Waals surface area contributed by atoms with E-state index in [0.717, 1.165) is 39.8 Å². The molecule has 2 fully saturated rings. The number of nitrogens with one attached hydrogen (secondary N) is 1. The maximum Gasteiger partial charge on any atom is 0.252 e. The molecule has 3 N–H and O–H groups in total. The highest BCUT2D eigenvalue weighted by atomic mass is 79.9. The molecule has 6 rings (SSSR count). The Morgan fingerprint density at radius 1 is 0.863 bits per heavy atom. The van der Waals surface area contributed by atoms with Crippen LogP contribution in [0.2, 0.25) is 0 Å². The van der Waals surface area contributed by atoms with Crippen LogP contribution in [-0.2, 0) is 20.9 Å². The van der Waals surface area contributed by atoms with E-state index < -0.39 is 5.91 Å². The van der Waals surface area contributed by atoms with Gasteiger partial charge in [0.05, 0.1) is 20.3 Å². The third-order valence-electron chi connectivity index (χ3n) is 9.45. The Balaban J connectivity index is 1.24. The van der Waals surface area contributed by atoms with Gasteiger partial charge in [0.15, 0.2) is 0 Å². The molecule has 3 aromatic rings. The lowest BCUT2D eigenvalue weighted by Gasteiger charge is -2.45. The summed E-state index contributed by atoms with van der Waals surface area (Å²) < 4.78 is 23.8. The summed E-state index contributed by atoms with van der Waals surface area (Å²) >= 11 is 3.43. The van der Waals surface area contributed by atoms with E-state index in [4.69, 9.17) is 24.7 Å². The van der Waals surface area contributed by atoms with E-state index in [2.05, 4.69) is 21.2 Å². The number of nitrogens with zero attached hydrogens (tertiary/aromatic N) is 2. The van der Waals surface area contributed by atoms with Crippen LogP contribution in [0.15, 0.2) is 76.8 Å². The first kappa shape index (κ1) is 36.2. The fourth-order valence-corrected chi connectivity index (χ4v) is 7.07. The maximum atomic E-state index is 14.8. The van der Waals surface area contributed by atoms with Crippen LogP contribution in [0.1, 0.15) is 49.7 Å². The van der Waals surface area contributed by atoms with Crippen LogP contribution in [0, 0.1) is 0 Å². The van der Waals surface area contributed by atoms with Crippen molar-refractivity contribution in [3.63, 3.8) is 0 Å². The van der Waals surface area contributed by atoms with Gasteiger partial charge in [0.1, 0.15) is 36.2 Å². The summed E-state index contributed by atoms with van der Waals surface area (Å²) in [6.07, 6.45) is 3.25. The predicted molar refractivity (Wildman–Crippen MR) is 197 cm³/mol. The lowest BCUT2D eigenvalue weighted by atomic mass is 9.82. The molecule has 0 radical (unpaired) electrons. The second kappa shape index (κ2) is 16.6. The molecule has 3 aromatic carbocycles. The first-order valence-corrected chi connectivity index (χ1v) is 18.2. The molecular weight excluding hydrogens is 716 g/mol. The van der Waals surface area contributed by atoms with Crippen molar-refractivity contribution in [1.29, 1.82) is 0 Å². The Bertz CT molecular complexity index is 1720. The van der Waals surface area contributed by atoms with Gasteiger partial charge in [0.2, 0.25) is 11.8 Å². The predicted octanol–water partition coefficient (Wildman–Crippen LogP) is 5.10. The fraction of sp³-hybridized carbons (Fsp3) is 0.410. The molecular formula is C39H45BrN4O7. The molecule has 1 saturated carbocycles. The highest BCUT2D eigenvalue weighted by Crippen LogP contribution is 2.38. The molecule has 2 aliphatic heterocycles. The molecule has 270 valence electrons. The van der Waals surface area contributed by atoms with Crippen LogP contribution >= 0.6 is 15.9 Å². The lowest BCUT2D eigenvalue weighted by Crippen LogP contribution is -2.62. The van der Waals surface area contributed by atoms with Gasteiger partial charge >= 0.3 is 0 Å². The number of benzene rings is 3. The number of nitrogens with two attached hydrogens (primary N) is 1. The quantitative estimate of drug-likeness (QED) is 0.193. The van der Waals surface area contributed by atoms with Crippen LogP contribution in [0.3, 0.4) is 0 Å². The molecule has 0 aromatic heterocycles. The highest BCUT2D eigenvalue weighted by Gasteiger charge is 2.43. The van der Waals surface area contributed by atoms with Crippen LogP contribution in [0.4, 0.5) is 0 Å². The lowest BCUT2D eigenvalue weighted by molar-refractivity contribution is -0.134. The average Bonchev–Trinajstić information content (AvgIpc) is 3.98. The summed E-state index contributed by atoms with van der Waals surface area (Å²) in [5, 5.41) is 3.66. The maximum absolute atomic E-state index is 14.8. The van der Waals surface area contributed by atoms with E-state index in [1.165, 1.54) is 0 Å². The van der Waals surface area contributed by atoms with E-state index >= 15 is 0 Å². The number of rotatable bonds is 16. The summed E-state index contributed by atoms with van der Waals surface area (Å²) in [5.41, 5.74) is 8.84. The van der Waals surface area contributed by atoms with Gasteiger partial charge in [-0.3, -0.25) is 14.4 Å². The van der Waals surface area contributed by atoms with Gasteiger partial charge in [0.25, 0.3) is 5.91 Å². The molecule has 1 aliphatic carbocycles. The summed E-state index contributed by atoms with van der Waals surface area (Å²) in [7, 11) is 3.23. The number of halogens is 1. The normalized spacial score (nSPS) is 18.2. The molecule has 12 heteroatoms. The number of fused-ring (bicyclic) bond motifs is 2. The van der Waals surface area contributed by atoms with Crippen LogP contribution in [-0.4, -0.2) is 86.2 Å². The van der Waals surface area contributed by atoms with Crippen molar-refractivity contribution < 1.29 is 33.3 Å². The SMILES string of the molecule is COc1cc(CN(C(=O)C2=C(c3ccc(OCCOc4ccc(Br)cc4)cc3)CC3CN(C(=O)CCCC(N)=O)CC2N3)C2CC2)cc(OC)c1. The molecule has 1 saturated heterocycles. The van der Waals surface area contributed by atoms with E-state index in [1.54, 1.807) is 14.2 Å². The molecule has 2 bridgehead atoms. The molecule has 0 spiro atoms. The van der Waals surface area contributed by atoms with Crippen molar-refractivity contribution in [3.8, 4) is 23.0 Å². The van der Waals surface area contributed by atoms with Gasteiger partial charge in [0, 0.05) is 60.7 Å². The largest absolute Gasteiger partial charge is 0.497 e. The Labute approximate surface area is 307 Å². The Hall–Kier alpha value is -4.55. The van der Waals surface area contributed by atoms with Crippen LogP contribution in [0.25, 0.3) is 5.57 Å². The summed E-state index contributed by atoms with van der Waals surface area (Å²) in [6, 6.07) is 21.0. The number of primary amides is 1. The molecule has 3 aliphatic rings. The Morgan fingerprint density at radius 3 is 2.08 bits per heavy atom. The van der Waals surface area contributed by atoms with E-state index in [9.17, 15) is 14.4 Å². The fourth-order valence-electron chi connectivity index (χ4n) is 6.81. The van der Waals surface area contributed by atoms with Gasteiger partial charge in [-0.2, -0.15) is 0 Å². The number of carbonyl (C=O) groups is 3. The third kappa shape index (κ3) is 9.42. The zero-order chi connectivity index (χ0) is 35.9. The average molecular weight is 762 g/mol. The number of carbonyl (C=O) groups excluding carboxylic acids is 3. The van der Waals surface area contributed by atoms with Crippen LogP contribution < -0.4 is 30.0 Å². The number of hydrogen-bond donors (Lipinski definition) is 2. The van der Waals surface area contributed by atoms with E-state index in [0.29, 0.717) is 68.5 Å². The van der Waals surface area contributed by atoms with E-state index in [-0.39, 0.29) is 42.8 Å². The van der Waals surface area contributed by atoms with Gasteiger partial charge in [-0.05, 0) is 90.9 Å². The Morgan fingerprint density at radius 2 is 1.49 bits per heavy atom. The summed E-state index contributed by atoms with van der Waals surface area (Å²) in [4.78, 5) is 43.2. The zero-order valence-corrected chi connectivity index (χ0v) is 30.7. The molecule has 11 nitrogen and oxygen atoms in total. The smallest absolute Gasteiger partial charge is 0.252 e. The first-order valence-electron chi connectivity index (χ1n) is 17.4. The molecule has 2 atom stereocenters. The number of ether oxygens (including phenoxy) is 4. The van der Waals surface area contributed by atoms with Crippen molar-refractivity contribution in [3.05, 3.63) is 87.9 Å². The van der Waals surface area contributed by atoms with Gasteiger partial charge in [-0.1, -0.05) is 28.1 Å². The summed E-state index contributed by atoms with van der Waals surface area (Å²) in [6.45, 7) is 2.06. The molecule has 3 amide bonds. The van der Waals surface area contributed by atoms with Crippen molar-refractivity contribution in [2.45, 2.75) is 63.2 Å². The van der Waals surface area contributed by atoms with Crippen LogP contribution in [0.5, 0.6) is 23.0 Å². The van der Waals surface area contributed by atoms with Crippen molar-refractivity contribution in [2.75, 3.05) is 40.5 Å². The first-order chi connectivity index (χ1) is 24.7. The monoisotopic (exact) mass is 760 g/mol. The highest BCUT2D eigenvalue weighted by molar-refractivity contribution is 9.10. The standard InChI is InChI=1S/C39H45BrN4O7/c1-48-32-18-25(19-33(21-32)49-2)22-44(29-10-11-29)39(47)38-34(20-28-23-43(24-35(38)42-28)37(46)5-3-4-36(41)45)26-6-12-30(13-7-26)50-16-17-51-31-14-8-27(40)9-15-31/h6-9,12-15,18-19,21,28-29,35,42H,3-5,10-11,16-17,20,22-24H2,1-2H3,(H2,41,45). The zero-order valence-electron chi connectivity index (χ0n) is 29.1. The topological polar surface area (TPSA) is 133 Å². The number of methoxy groups -OCH3 is 2. The van der Waals surface area contributed by atoms with Gasteiger partial charge in [-0.15, -0.1) is 0 Å². The molecule has 2 heterocycles.